The fraction of sp³-hybridized carbons (Fsp3) is 0.545. The molecule has 0 saturated carbocycles. The van der Waals surface area contributed by atoms with Crippen LogP contribution in [0.3, 0.4) is 0 Å². The minimum absolute atomic E-state index is 0.167. The zero-order valence-electron chi connectivity index (χ0n) is 10.4. The molecule has 0 aliphatic carbocycles. The zero-order valence-corrected chi connectivity index (χ0v) is 11.2. The number of thiocarbonyl (C=S) groups is 1. The molecule has 2 N–H and O–H groups in total. The summed E-state index contributed by atoms with van der Waals surface area (Å²) in [5.74, 6) is 0. The average Bonchev–Trinajstić information content (AvgIpc) is 2.32. The van der Waals surface area contributed by atoms with Crippen molar-refractivity contribution in [3.05, 3.63) is 22.6 Å². The molecular formula is C11H17N5OS. The van der Waals surface area contributed by atoms with Gasteiger partial charge in [0.15, 0.2) is 0 Å². The third-order valence-corrected chi connectivity index (χ3v) is 3.16. The molecule has 0 spiro atoms. The number of piperazine rings is 1. The van der Waals surface area contributed by atoms with Gasteiger partial charge in [-0.3, -0.25) is 4.79 Å². The Balaban J connectivity index is 2.13. The molecule has 0 atom stereocenters. The summed E-state index contributed by atoms with van der Waals surface area (Å²) >= 11 is 4.77. The van der Waals surface area contributed by atoms with Gasteiger partial charge in [-0.15, -0.1) is 0 Å². The maximum atomic E-state index is 11.8. The van der Waals surface area contributed by atoms with Crippen LogP contribution in [0.15, 0.2) is 17.1 Å². The van der Waals surface area contributed by atoms with Crippen molar-refractivity contribution >= 4 is 22.9 Å². The van der Waals surface area contributed by atoms with Crippen LogP contribution in [0.4, 0.5) is 5.69 Å². The van der Waals surface area contributed by atoms with E-state index < -0.39 is 0 Å². The van der Waals surface area contributed by atoms with Gasteiger partial charge in [-0.2, -0.15) is 5.10 Å². The molecule has 2 heterocycles. The second-order valence-electron chi connectivity index (χ2n) is 4.47. The van der Waals surface area contributed by atoms with Crippen molar-refractivity contribution in [2.75, 3.05) is 38.1 Å². The number of nitrogens with two attached hydrogens (primary N) is 1. The molecule has 1 aliphatic heterocycles. The summed E-state index contributed by atoms with van der Waals surface area (Å²) in [5, 5.41) is 4.09. The van der Waals surface area contributed by atoms with Gasteiger partial charge in [0.2, 0.25) is 0 Å². The van der Waals surface area contributed by atoms with Crippen LogP contribution in [0.25, 0.3) is 0 Å². The molecular weight excluding hydrogens is 250 g/mol. The van der Waals surface area contributed by atoms with Crippen LogP contribution < -0.4 is 16.2 Å². The van der Waals surface area contributed by atoms with Gasteiger partial charge in [-0.05, 0) is 7.05 Å². The lowest BCUT2D eigenvalue weighted by Gasteiger charge is -2.33. The van der Waals surface area contributed by atoms with Gasteiger partial charge in [0.1, 0.15) is 0 Å². The van der Waals surface area contributed by atoms with Crippen molar-refractivity contribution in [2.45, 2.75) is 6.54 Å². The quantitative estimate of drug-likeness (QED) is 0.729. The van der Waals surface area contributed by atoms with Crippen LogP contribution >= 0.6 is 12.2 Å². The van der Waals surface area contributed by atoms with Crippen molar-refractivity contribution in [1.82, 2.24) is 14.7 Å². The highest BCUT2D eigenvalue weighted by molar-refractivity contribution is 7.80. The van der Waals surface area contributed by atoms with E-state index in [1.807, 2.05) is 0 Å². The molecule has 0 unspecified atom stereocenters. The monoisotopic (exact) mass is 267 g/mol. The van der Waals surface area contributed by atoms with E-state index >= 15 is 0 Å². The first-order chi connectivity index (χ1) is 8.56. The van der Waals surface area contributed by atoms with Crippen LogP contribution in [0.1, 0.15) is 0 Å². The van der Waals surface area contributed by atoms with Gasteiger partial charge in [-0.25, -0.2) is 4.68 Å². The fourth-order valence-electron chi connectivity index (χ4n) is 1.93. The lowest BCUT2D eigenvalue weighted by Crippen LogP contribution is -2.45. The molecule has 0 radical (unpaired) electrons. The molecule has 2 rings (SSSR count). The Morgan fingerprint density at radius 3 is 2.67 bits per heavy atom. The van der Waals surface area contributed by atoms with E-state index in [0.29, 0.717) is 0 Å². The Morgan fingerprint density at radius 2 is 2.11 bits per heavy atom. The van der Waals surface area contributed by atoms with Crippen LogP contribution in [0.2, 0.25) is 0 Å². The van der Waals surface area contributed by atoms with Gasteiger partial charge in [-0.1, -0.05) is 12.2 Å². The van der Waals surface area contributed by atoms with Crippen molar-refractivity contribution in [3.8, 4) is 0 Å². The number of rotatable bonds is 3. The van der Waals surface area contributed by atoms with Crippen LogP contribution in [-0.4, -0.2) is 52.9 Å². The Morgan fingerprint density at radius 1 is 1.44 bits per heavy atom. The largest absolute Gasteiger partial charge is 0.392 e. The molecule has 1 aromatic rings. The summed E-state index contributed by atoms with van der Waals surface area (Å²) in [7, 11) is 2.09. The summed E-state index contributed by atoms with van der Waals surface area (Å²) in [6, 6.07) is 1.59. The highest BCUT2D eigenvalue weighted by atomic mass is 32.1. The van der Waals surface area contributed by atoms with E-state index in [9.17, 15) is 4.79 Å². The van der Waals surface area contributed by atoms with E-state index in [2.05, 4.69) is 21.9 Å². The lowest BCUT2D eigenvalue weighted by atomic mass is 10.3. The number of likely N-dealkylation sites (N-methyl/N-ethyl adjacent to an activating group) is 1. The topological polar surface area (TPSA) is 67.4 Å². The second-order valence-corrected chi connectivity index (χ2v) is 4.99. The lowest BCUT2D eigenvalue weighted by molar-refractivity contribution is 0.312. The van der Waals surface area contributed by atoms with Crippen molar-refractivity contribution in [1.29, 1.82) is 0 Å². The van der Waals surface area contributed by atoms with Crippen LogP contribution in [0.5, 0.6) is 0 Å². The maximum absolute atomic E-state index is 11.8. The van der Waals surface area contributed by atoms with E-state index in [-0.39, 0.29) is 17.1 Å². The Kier molecular flexibility index (Phi) is 3.93. The fourth-order valence-corrected chi connectivity index (χ4v) is 2.05. The molecule has 0 aromatic carbocycles. The first-order valence-electron chi connectivity index (χ1n) is 5.85. The zero-order chi connectivity index (χ0) is 13.1. The third-order valence-electron chi connectivity index (χ3n) is 3.03. The molecule has 98 valence electrons. The molecule has 1 aromatic heterocycles. The molecule has 7 heteroatoms. The summed E-state index contributed by atoms with van der Waals surface area (Å²) in [6.45, 7) is 4.01. The molecule has 0 bridgehead atoms. The van der Waals surface area contributed by atoms with Crippen LogP contribution in [-0.2, 0) is 6.54 Å². The van der Waals surface area contributed by atoms with Gasteiger partial charge in [0.05, 0.1) is 23.4 Å². The number of hydrogen-bond donors (Lipinski definition) is 1. The smallest absolute Gasteiger partial charge is 0.269 e. The molecule has 1 fully saturated rings. The molecule has 18 heavy (non-hydrogen) atoms. The minimum atomic E-state index is -0.167. The standard InChI is InChI=1S/C11H17N5OS/c1-14-2-4-15(5-3-14)9-6-11(17)16(13-7-9)8-10(12)18/h6-7H,2-5,8H2,1H3,(H2,12,18). The van der Waals surface area contributed by atoms with E-state index in [0.717, 1.165) is 31.9 Å². The predicted octanol–water partition coefficient (Wildman–Crippen LogP) is -0.719. The van der Waals surface area contributed by atoms with Gasteiger partial charge in [0.25, 0.3) is 5.56 Å². The predicted molar refractivity (Wildman–Crippen MR) is 75.0 cm³/mol. The first kappa shape index (κ1) is 13.0. The summed E-state index contributed by atoms with van der Waals surface area (Å²) in [5.41, 5.74) is 6.11. The van der Waals surface area contributed by atoms with E-state index in [4.69, 9.17) is 18.0 Å². The van der Waals surface area contributed by atoms with Gasteiger partial charge >= 0.3 is 0 Å². The highest BCUT2D eigenvalue weighted by Gasteiger charge is 2.15. The molecule has 6 nitrogen and oxygen atoms in total. The molecule has 0 amide bonds. The first-order valence-corrected chi connectivity index (χ1v) is 6.26. The maximum Gasteiger partial charge on any atom is 0.269 e. The minimum Gasteiger partial charge on any atom is -0.392 e. The number of aromatic nitrogens is 2. The molecule has 1 saturated heterocycles. The summed E-state index contributed by atoms with van der Waals surface area (Å²) < 4.78 is 1.28. The van der Waals surface area contributed by atoms with E-state index in [1.165, 1.54) is 4.68 Å². The van der Waals surface area contributed by atoms with Gasteiger partial charge < -0.3 is 15.5 Å². The van der Waals surface area contributed by atoms with Crippen molar-refractivity contribution in [3.63, 3.8) is 0 Å². The van der Waals surface area contributed by atoms with Crippen molar-refractivity contribution < 1.29 is 0 Å². The number of hydrogen-bond acceptors (Lipinski definition) is 5. The van der Waals surface area contributed by atoms with E-state index in [1.54, 1.807) is 12.3 Å². The van der Waals surface area contributed by atoms with Crippen LogP contribution in [0, 0.1) is 0 Å². The number of anilines is 1. The highest BCUT2D eigenvalue weighted by Crippen LogP contribution is 2.11. The summed E-state index contributed by atoms with van der Waals surface area (Å²) in [4.78, 5) is 16.5. The third kappa shape index (κ3) is 3.05. The number of nitrogens with zero attached hydrogens (tertiary/aromatic N) is 4. The second kappa shape index (κ2) is 5.45. The Hall–Kier alpha value is -1.47. The van der Waals surface area contributed by atoms with Crippen molar-refractivity contribution in [2.24, 2.45) is 5.73 Å². The molecule has 1 aliphatic rings. The Bertz CT molecular complexity index is 492. The average molecular weight is 267 g/mol. The Labute approximate surface area is 111 Å². The van der Waals surface area contributed by atoms with Gasteiger partial charge in [0, 0.05) is 32.2 Å². The normalized spacial score (nSPS) is 16.8. The summed E-state index contributed by atoms with van der Waals surface area (Å²) in [6.07, 6.45) is 1.70. The SMILES string of the molecule is CN1CCN(c2cnn(CC(N)=S)c(=O)c2)CC1.